The number of ether oxygens (including phenoxy) is 1. The van der Waals surface area contributed by atoms with Crippen LogP contribution in [0.3, 0.4) is 0 Å². The molecule has 2 aromatic carbocycles. The maximum Gasteiger partial charge on any atom is 0.292 e. The quantitative estimate of drug-likeness (QED) is 0.282. The number of hydrogen-bond acceptors (Lipinski definition) is 4. The van der Waals surface area contributed by atoms with Crippen LogP contribution in [-0.4, -0.2) is 15.7 Å². The van der Waals surface area contributed by atoms with Gasteiger partial charge >= 0.3 is 0 Å². The number of benzene rings is 2. The fourth-order valence-corrected chi connectivity index (χ4v) is 3.84. The molecule has 0 aliphatic rings. The van der Waals surface area contributed by atoms with Crippen LogP contribution in [-0.2, 0) is 13.2 Å². The predicted octanol–water partition coefficient (Wildman–Crippen LogP) is 7.09. The van der Waals surface area contributed by atoms with Gasteiger partial charge in [0, 0.05) is 22.3 Å². The maximum atomic E-state index is 12.6. The Morgan fingerprint density at radius 3 is 2.68 bits per heavy atom. The lowest BCUT2D eigenvalue weighted by molar-refractivity contribution is 0.0992. The molecule has 0 aliphatic carbocycles. The minimum absolute atomic E-state index is 0.177. The van der Waals surface area contributed by atoms with E-state index in [9.17, 15) is 4.79 Å². The van der Waals surface area contributed by atoms with Crippen molar-refractivity contribution < 1.29 is 13.9 Å². The molecule has 0 fully saturated rings. The van der Waals surface area contributed by atoms with E-state index in [1.165, 1.54) is 0 Å². The summed E-state index contributed by atoms with van der Waals surface area (Å²) in [5, 5.41) is 8.52. The first-order valence-corrected chi connectivity index (χ1v) is 11.7. The number of nitrogens with zero attached hydrogens (tertiary/aromatic N) is 2. The van der Waals surface area contributed by atoms with Crippen molar-refractivity contribution >= 4 is 34.9 Å². The molecule has 0 saturated heterocycles. The summed E-state index contributed by atoms with van der Waals surface area (Å²) < 4.78 is 13.4. The van der Waals surface area contributed by atoms with Gasteiger partial charge in [0.15, 0.2) is 11.6 Å². The highest BCUT2D eigenvalue weighted by Crippen LogP contribution is 2.32. The number of anilines is 1. The van der Waals surface area contributed by atoms with Gasteiger partial charge in [-0.15, -0.1) is 0 Å². The summed E-state index contributed by atoms with van der Waals surface area (Å²) in [6.07, 6.45) is 1.78. The van der Waals surface area contributed by atoms with Crippen molar-refractivity contribution in [3.8, 4) is 5.75 Å². The van der Waals surface area contributed by atoms with Gasteiger partial charge in [-0.2, -0.15) is 5.10 Å². The summed E-state index contributed by atoms with van der Waals surface area (Å²) in [7, 11) is 0. The third-order valence-electron chi connectivity index (χ3n) is 5.34. The highest BCUT2D eigenvalue weighted by atomic mass is 35.5. The van der Waals surface area contributed by atoms with Crippen LogP contribution in [0, 0.1) is 6.92 Å². The zero-order valence-corrected chi connectivity index (χ0v) is 20.7. The fourth-order valence-electron chi connectivity index (χ4n) is 3.47. The van der Waals surface area contributed by atoms with Crippen molar-refractivity contribution in [2.45, 2.75) is 39.8 Å². The van der Waals surface area contributed by atoms with Crippen LogP contribution in [0.15, 0.2) is 65.2 Å². The molecule has 0 unspecified atom stereocenters. The molecule has 8 heteroatoms. The number of hydrogen-bond donors (Lipinski definition) is 1. The molecular formula is C26H25Cl2N3O3. The molecule has 0 radical (unpaired) electrons. The van der Waals surface area contributed by atoms with Crippen LogP contribution in [0.4, 0.5) is 5.82 Å². The van der Waals surface area contributed by atoms with Crippen molar-refractivity contribution in [1.82, 2.24) is 9.78 Å². The largest absolute Gasteiger partial charge is 0.485 e. The van der Waals surface area contributed by atoms with Gasteiger partial charge in [-0.1, -0.05) is 55.2 Å². The first-order chi connectivity index (χ1) is 16.3. The monoisotopic (exact) mass is 497 g/mol. The number of furan rings is 1. The number of halogens is 2. The van der Waals surface area contributed by atoms with E-state index in [0.717, 1.165) is 22.4 Å². The third-order valence-corrected chi connectivity index (χ3v) is 6.12. The Bertz CT molecular complexity index is 1310. The zero-order chi connectivity index (χ0) is 24.2. The summed E-state index contributed by atoms with van der Waals surface area (Å²) in [5.41, 5.74) is 2.90. The predicted molar refractivity (Wildman–Crippen MR) is 134 cm³/mol. The van der Waals surface area contributed by atoms with Gasteiger partial charge in [0.2, 0.25) is 0 Å². The second kappa shape index (κ2) is 10.4. The van der Waals surface area contributed by atoms with Crippen LogP contribution in [0.2, 0.25) is 10.0 Å². The van der Waals surface area contributed by atoms with Gasteiger partial charge in [-0.05, 0) is 59.9 Å². The minimum atomic E-state index is -0.389. The molecule has 0 saturated carbocycles. The average molecular weight is 498 g/mol. The smallest absolute Gasteiger partial charge is 0.292 e. The van der Waals surface area contributed by atoms with E-state index >= 15 is 0 Å². The van der Waals surface area contributed by atoms with E-state index in [1.807, 2.05) is 43.3 Å². The van der Waals surface area contributed by atoms with Crippen LogP contribution in [0.1, 0.15) is 52.8 Å². The Balaban J connectivity index is 1.38. The molecule has 4 rings (SSSR count). The van der Waals surface area contributed by atoms with Gasteiger partial charge < -0.3 is 14.5 Å². The number of aryl methyl sites for hydroxylation is 1. The van der Waals surface area contributed by atoms with Gasteiger partial charge in [-0.25, -0.2) is 0 Å². The van der Waals surface area contributed by atoms with E-state index in [4.69, 9.17) is 32.4 Å². The van der Waals surface area contributed by atoms with Crippen LogP contribution in [0.25, 0.3) is 0 Å². The van der Waals surface area contributed by atoms with Crippen LogP contribution >= 0.6 is 23.2 Å². The van der Waals surface area contributed by atoms with E-state index in [1.54, 1.807) is 29.1 Å². The number of amides is 1. The summed E-state index contributed by atoms with van der Waals surface area (Å²) >= 11 is 12.5. The number of aromatic nitrogens is 2. The second-order valence-electron chi connectivity index (χ2n) is 8.29. The topological polar surface area (TPSA) is 69.3 Å². The average Bonchev–Trinajstić information content (AvgIpc) is 3.45. The number of carbonyl (C=O) groups is 1. The minimum Gasteiger partial charge on any atom is -0.485 e. The molecule has 0 aliphatic heterocycles. The Morgan fingerprint density at radius 2 is 1.91 bits per heavy atom. The van der Waals surface area contributed by atoms with Crippen molar-refractivity contribution in [3.05, 3.63) is 99.1 Å². The molecule has 0 bridgehead atoms. The van der Waals surface area contributed by atoms with E-state index < -0.39 is 0 Å². The second-order valence-corrected chi connectivity index (χ2v) is 9.11. The maximum absolute atomic E-state index is 12.6. The van der Waals surface area contributed by atoms with Crippen molar-refractivity contribution in [2.24, 2.45) is 0 Å². The molecule has 6 nitrogen and oxygen atoms in total. The van der Waals surface area contributed by atoms with Crippen LogP contribution in [0.5, 0.6) is 5.75 Å². The summed E-state index contributed by atoms with van der Waals surface area (Å²) in [6.45, 7) is 6.79. The standard InChI is InChI=1S/C26H25Cl2N3O3/c1-16(2)20-13-22(28)17(3)12-24(20)33-15-19-8-9-23(34-19)26(32)29-25-10-11-31(30-25)14-18-6-4-5-7-21(18)27/h4-13,16H,14-15H2,1-3H3,(H,29,30,32). The normalized spacial score (nSPS) is 11.1. The Hall–Kier alpha value is -3.22. The van der Waals surface area contributed by atoms with Crippen LogP contribution < -0.4 is 10.1 Å². The van der Waals surface area contributed by atoms with Crippen molar-refractivity contribution in [2.75, 3.05) is 5.32 Å². The lowest BCUT2D eigenvalue weighted by atomic mass is 10.0. The first-order valence-electron chi connectivity index (χ1n) is 10.9. The van der Waals surface area contributed by atoms with Crippen molar-refractivity contribution in [3.63, 3.8) is 0 Å². The molecule has 34 heavy (non-hydrogen) atoms. The lowest BCUT2D eigenvalue weighted by Crippen LogP contribution is -2.12. The molecule has 176 valence electrons. The SMILES string of the molecule is Cc1cc(OCc2ccc(C(=O)Nc3ccn(Cc4ccccc4Cl)n3)o2)c(C(C)C)cc1Cl. The van der Waals surface area contributed by atoms with E-state index in [-0.39, 0.29) is 24.2 Å². The molecular weight excluding hydrogens is 473 g/mol. The molecule has 1 N–H and O–H groups in total. The molecule has 2 heterocycles. The Morgan fingerprint density at radius 1 is 1.12 bits per heavy atom. The van der Waals surface area contributed by atoms with E-state index in [2.05, 4.69) is 24.3 Å². The number of rotatable bonds is 8. The Labute approximate surface area is 208 Å². The van der Waals surface area contributed by atoms with Gasteiger partial charge in [0.1, 0.15) is 18.1 Å². The number of nitrogens with one attached hydrogen (secondary N) is 1. The summed E-state index contributed by atoms with van der Waals surface area (Å²) in [4.78, 5) is 12.6. The molecule has 0 spiro atoms. The highest BCUT2D eigenvalue weighted by molar-refractivity contribution is 6.31. The van der Waals surface area contributed by atoms with Gasteiger partial charge in [-0.3, -0.25) is 9.48 Å². The van der Waals surface area contributed by atoms with Gasteiger partial charge in [0.25, 0.3) is 5.91 Å². The molecule has 4 aromatic rings. The third kappa shape index (κ3) is 5.64. The Kier molecular flexibility index (Phi) is 7.29. The molecule has 0 atom stereocenters. The zero-order valence-electron chi connectivity index (χ0n) is 19.1. The summed E-state index contributed by atoms with van der Waals surface area (Å²) in [5.74, 6) is 1.75. The summed E-state index contributed by atoms with van der Waals surface area (Å²) in [6, 6.07) is 16.5. The first kappa shape index (κ1) is 23.9. The number of carbonyl (C=O) groups excluding carboxylic acids is 1. The fraction of sp³-hybridized carbons (Fsp3) is 0.231. The molecule has 1 amide bonds. The highest BCUT2D eigenvalue weighted by Gasteiger charge is 2.15. The van der Waals surface area contributed by atoms with E-state index in [0.29, 0.717) is 28.2 Å². The lowest BCUT2D eigenvalue weighted by Gasteiger charge is -2.15. The van der Waals surface area contributed by atoms with Gasteiger partial charge in [0.05, 0.1) is 6.54 Å². The van der Waals surface area contributed by atoms with Crippen molar-refractivity contribution in [1.29, 1.82) is 0 Å². The molecule has 2 aromatic heterocycles.